The molecule has 2 fully saturated rings. The van der Waals surface area contributed by atoms with Crippen LogP contribution in [0.2, 0.25) is 5.02 Å². The fourth-order valence-electron chi connectivity index (χ4n) is 4.15. The fraction of sp³-hybridized carbons (Fsp3) is 0.625. The Balaban J connectivity index is 1.74. The van der Waals surface area contributed by atoms with E-state index < -0.39 is 0 Å². The molecule has 0 N–H and O–H groups in total. The van der Waals surface area contributed by atoms with Crippen molar-refractivity contribution in [3.05, 3.63) is 34.3 Å². The van der Waals surface area contributed by atoms with Gasteiger partial charge in [0.25, 0.3) is 0 Å². The van der Waals surface area contributed by atoms with Crippen LogP contribution >= 0.6 is 11.6 Å². The van der Waals surface area contributed by atoms with Crippen molar-refractivity contribution in [2.45, 2.75) is 56.5 Å². The standard InChI is InChI=1S/C16H20ClN/c17-12-6-7-14-11-3-2-8-18(13-4-1-5-13)16(9-11)15(14)10-12/h6-7,10-11,13,16H,1-5,8-9H2. The summed E-state index contributed by atoms with van der Waals surface area (Å²) >= 11 is 6.21. The van der Waals surface area contributed by atoms with Gasteiger partial charge in [-0.05, 0) is 67.8 Å². The van der Waals surface area contributed by atoms with Crippen molar-refractivity contribution in [2.24, 2.45) is 0 Å². The van der Waals surface area contributed by atoms with E-state index in [1.165, 1.54) is 45.1 Å². The van der Waals surface area contributed by atoms with Gasteiger partial charge in [0.05, 0.1) is 0 Å². The summed E-state index contributed by atoms with van der Waals surface area (Å²) in [7, 11) is 0. The normalized spacial score (nSPS) is 31.8. The van der Waals surface area contributed by atoms with E-state index in [-0.39, 0.29) is 0 Å². The summed E-state index contributed by atoms with van der Waals surface area (Å²) in [5.74, 6) is 0.798. The number of hydrogen-bond donors (Lipinski definition) is 0. The van der Waals surface area contributed by atoms with E-state index in [9.17, 15) is 0 Å². The third-order valence-corrected chi connectivity index (χ3v) is 5.50. The lowest BCUT2D eigenvalue weighted by Gasteiger charge is -2.41. The summed E-state index contributed by atoms with van der Waals surface area (Å²) in [6, 6.07) is 8.12. The number of rotatable bonds is 1. The Morgan fingerprint density at radius 2 is 1.94 bits per heavy atom. The molecule has 1 nitrogen and oxygen atoms in total. The number of fused-ring (bicyclic) bond motifs is 5. The van der Waals surface area contributed by atoms with Crippen molar-refractivity contribution in [1.82, 2.24) is 4.90 Å². The number of halogens is 1. The molecule has 1 aromatic rings. The minimum Gasteiger partial charge on any atom is -0.293 e. The average molecular weight is 262 g/mol. The number of benzene rings is 1. The van der Waals surface area contributed by atoms with E-state index >= 15 is 0 Å². The highest BCUT2D eigenvalue weighted by Crippen LogP contribution is 2.50. The Kier molecular flexibility index (Phi) is 2.67. The summed E-state index contributed by atoms with van der Waals surface area (Å²) in [5, 5.41) is 0.911. The van der Waals surface area contributed by atoms with Gasteiger partial charge in [-0.25, -0.2) is 0 Å². The molecule has 1 saturated heterocycles. The summed E-state index contributed by atoms with van der Waals surface area (Å²) in [6.45, 7) is 1.30. The van der Waals surface area contributed by atoms with Crippen molar-refractivity contribution in [1.29, 1.82) is 0 Å². The topological polar surface area (TPSA) is 3.24 Å². The molecule has 18 heavy (non-hydrogen) atoms. The SMILES string of the molecule is Clc1ccc2c(c1)C1CC2CCCN1C1CCC1. The Hall–Kier alpha value is -0.530. The van der Waals surface area contributed by atoms with Crippen LogP contribution < -0.4 is 0 Å². The van der Waals surface area contributed by atoms with E-state index in [0.717, 1.165) is 17.0 Å². The van der Waals surface area contributed by atoms with Gasteiger partial charge in [-0.1, -0.05) is 24.1 Å². The molecule has 1 saturated carbocycles. The van der Waals surface area contributed by atoms with E-state index in [1.54, 1.807) is 11.1 Å². The van der Waals surface area contributed by atoms with Gasteiger partial charge in [0.15, 0.2) is 0 Å². The Bertz CT molecular complexity index is 466. The molecule has 2 heteroatoms. The van der Waals surface area contributed by atoms with Gasteiger partial charge in [0.1, 0.15) is 0 Å². The third-order valence-electron chi connectivity index (χ3n) is 5.27. The maximum atomic E-state index is 6.21. The predicted molar refractivity (Wildman–Crippen MR) is 75.1 cm³/mol. The minimum atomic E-state index is 0.663. The second-order valence-corrected chi connectivity index (χ2v) is 6.62. The second-order valence-electron chi connectivity index (χ2n) is 6.19. The molecule has 2 atom stereocenters. The number of likely N-dealkylation sites (tertiary alicyclic amines) is 1. The molecule has 0 amide bonds. The Labute approximate surface area is 114 Å². The lowest BCUT2D eigenvalue weighted by molar-refractivity contribution is 0.0842. The van der Waals surface area contributed by atoms with E-state index in [1.807, 2.05) is 0 Å². The molecule has 1 aliphatic heterocycles. The van der Waals surface area contributed by atoms with Crippen molar-refractivity contribution >= 4 is 11.6 Å². The first kappa shape index (κ1) is 11.3. The van der Waals surface area contributed by atoms with Crippen LogP contribution in [0.3, 0.4) is 0 Å². The molecule has 1 heterocycles. The maximum Gasteiger partial charge on any atom is 0.0409 e. The highest BCUT2D eigenvalue weighted by Gasteiger charge is 2.40. The zero-order valence-corrected chi connectivity index (χ0v) is 11.5. The van der Waals surface area contributed by atoms with Crippen LogP contribution in [0.1, 0.15) is 61.6 Å². The molecule has 96 valence electrons. The maximum absolute atomic E-state index is 6.21. The van der Waals surface area contributed by atoms with Crippen LogP contribution in [0.5, 0.6) is 0 Å². The van der Waals surface area contributed by atoms with Crippen LogP contribution in [0, 0.1) is 0 Å². The van der Waals surface area contributed by atoms with Crippen LogP contribution in [-0.2, 0) is 0 Å². The van der Waals surface area contributed by atoms with E-state index in [0.29, 0.717) is 6.04 Å². The minimum absolute atomic E-state index is 0.663. The van der Waals surface area contributed by atoms with Gasteiger partial charge in [-0.2, -0.15) is 0 Å². The highest BCUT2D eigenvalue weighted by atomic mass is 35.5. The second kappa shape index (κ2) is 4.25. The summed E-state index contributed by atoms with van der Waals surface area (Å²) < 4.78 is 0. The van der Waals surface area contributed by atoms with Crippen molar-refractivity contribution in [3.8, 4) is 0 Å². The molecule has 0 aromatic heterocycles. The zero-order chi connectivity index (χ0) is 12.1. The molecule has 4 rings (SSSR count). The van der Waals surface area contributed by atoms with Crippen molar-refractivity contribution in [2.75, 3.05) is 6.54 Å². The van der Waals surface area contributed by atoms with Gasteiger partial charge in [-0.3, -0.25) is 4.90 Å². The lowest BCUT2D eigenvalue weighted by Crippen LogP contribution is -2.42. The van der Waals surface area contributed by atoms with Gasteiger partial charge in [-0.15, -0.1) is 0 Å². The molecule has 0 spiro atoms. The average Bonchev–Trinajstić information content (AvgIpc) is 2.49. The van der Waals surface area contributed by atoms with Gasteiger partial charge < -0.3 is 0 Å². The fourth-order valence-corrected chi connectivity index (χ4v) is 4.33. The smallest absolute Gasteiger partial charge is 0.0409 e. The van der Waals surface area contributed by atoms with E-state index in [4.69, 9.17) is 11.6 Å². The summed E-state index contributed by atoms with van der Waals surface area (Å²) in [4.78, 5) is 2.80. The van der Waals surface area contributed by atoms with Gasteiger partial charge in [0.2, 0.25) is 0 Å². The van der Waals surface area contributed by atoms with Gasteiger partial charge in [0, 0.05) is 17.1 Å². The summed E-state index contributed by atoms with van der Waals surface area (Å²) in [5.41, 5.74) is 3.13. The van der Waals surface area contributed by atoms with Crippen molar-refractivity contribution < 1.29 is 0 Å². The van der Waals surface area contributed by atoms with Crippen LogP contribution in [-0.4, -0.2) is 17.5 Å². The van der Waals surface area contributed by atoms with Crippen LogP contribution in [0.25, 0.3) is 0 Å². The third kappa shape index (κ3) is 1.64. The first-order valence-corrected chi connectivity index (χ1v) is 7.76. The predicted octanol–water partition coefficient (Wildman–Crippen LogP) is 4.52. The zero-order valence-electron chi connectivity index (χ0n) is 10.7. The molecule has 2 unspecified atom stereocenters. The highest BCUT2D eigenvalue weighted by molar-refractivity contribution is 6.30. The lowest BCUT2D eigenvalue weighted by atomic mass is 9.89. The van der Waals surface area contributed by atoms with Gasteiger partial charge >= 0.3 is 0 Å². The first-order chi connectivity index (χ1) is 8.83. The van der Waals surface area contributed by atoms with E-state index in [2.05, 4.69) is 23.1 Å². The first-order valence-electron chi connectivity index (χ1n) is 7.38. The largest absolute Gasteiger partial charge is 0.293 e. The van der Waals surface area contributed by atoms with Crippen LogP contribution in [0.15, 0.2) is 18.2 Å². The molecule has 0 radical (unpaired) electrons. The summed E-state index contributed by atoms with van der Waals surface area (Å²) in [6.07, 6.45) is 8.34. The quantitative estimate of drug-likeness (QED) is 0.719. The molecule has 3 aliphatic rings. The monoisotopic (exact) mass is 261 g/mol. The number of hydrogen-bond acceptors (Lipinski definition) is 1. The number of nitrogens with zero attached hydrogens (tertiary/aromatic N) is 1. The van der Waals surface area contributed by atoms with Crippen molar-refractivity contribution in [3.63, 3.8) is 0 Å². The molecule has 2 aliphatic carbocycles. The Morgan fingerprint density at radius 3 is 2.72 bits per heavy atom. The van der Waals surface area contributed by atoms with Crippen LogP contribution in [0.4, 0.5) is 0 Å². The molecular weight excluding hydrogens is 242 g/mol. The molecule has 2 bridgehead atoms. The molecule has 1 aromatic carbocycles. The molecular formula is C16H20ClN. The Morgan fingerprint density at radius 1 is 1.06 bits per heavy atom.